The third kappa shape index (κ3) is 9.75. The summed E-state index contributed by atoms with van der Waals surface area (Å²) in [6.07, 6.45) is -20.4. The first kappa shape index (κ1) is 4.49. The lowest BCUT2D eigenvalue weighted by Gasteiger charge is -1.97. The molecule has 0 amide bonds. The van der Waals surface area contributed by atoms with Gasteiger partial charge in [-0.15, -0.1) is 0 Å². The second-order valence-corrected chi connectivity index (χ2v) is 3.59. The quantitative estimate of drug-likeness (QED) is 0.603. The van der Waals surface area contributed by atoms with Crippen LogP contribution in [0.1, 0.15) is 66.8 Å². The van der Waals surface area contributed by atoms with E-state index >= 15 is 0 Å². The van der Waals surface area contributed by atoms with E-state index in [0.29, 0.717) is 0 Å². The van der Waals surface area contributed by atoms with E-state index in [1.165, 1.54) is 0 Å². The molecule has 0 aliphatic rings. The lowest BCUT2D eigenvalue weighted by molar-refractivity contribution is 0.284. The molecule has 0 atom stereocenters. The van der Waals surface area contributed by atoms with Gasteiger partial charge in [-0.25, -0.2) is 0 Å². The molecular weight excluding hydrogens is 336 g/mol. The van der Waals surface area contributed by atoms with E-state index in [0.717, 1.165) is 24.3 Å². The SMILES string of the molecule is [2H]c1cc([2H])c(C([2H])([2H])C([2H])([2H])C([2H])([2H])C([2H])([2H])Br)c([2H])c1.[2H]c1cc([2H])c(C([2H])([2H])C([2H])([2H])C([2H])([2H])C([2H])([2H])O)c([2H])c1. The molecule has 0 spiro atoms. The van der Waals surface area contributed by atoms with E-state index in [-0.39, 0.29) is 12.1 Å². The topological polar surface area (TPSA) is 20.2 Å². The van der Waals surface area contributed by atoms with E-state index < -0.39 is 85.4 Å². The van der Waals surface area contributed by atoms with Crippen LogP contribution in [-0.4, -0.2) is 16.9 Å². The van der Waals surface area contributed by atoms with Crippen molar-refractivity contribution in [2.45, 2.75) is 38.2 Å². The smallest absolute Gasteiger partial charge is 0.0626 e. The Hall–Kier alpha value is -1.12. The van der Waals surface area contributed by atoms with Gasteiger partial charge in [0, 0.05) is 31.0 Å². The lowest BCUT2D eigenvalue weighted by Crippen LogP contribution is -1.87. The van der Waals surface area contributed by atoms with Gasteiger partial charge in [0.1, 0.15) is 0 Å². The van der Waals surface area contributed by atoms with Crippen LogP contribution in [0.3, 0.4) is 0 Å². The van der Waals surface area contributed by atoms with E-state index in [1.807, 2.05) is 0 Å². The van der Waals surface area contributed by atoms with Crippen LogP contribution in [0.25, 0.3) is 0 Å². The third-order valence-corrected chi connectivity index (χ3v) is 2.00. The Kier molecular flexibility index (Phi) is 2.76. The fourth-order valence-electron chi connectivity index (χ4n) is 1.01. The van der Waals surface area contributed by atoms with Gasteiger partial charge in [0.15, 0.2) is 0 Å². The van der Waals surface area contributed by atoms with Gasteiger partial charge in [-0.1, -0.05) is 76.4 Å². The third-order valence-electron chi connectivity index (χ3n) is 1.80. The minimum atomic E-state index is -3.69. The summed E-state index contributed by atoms with van der Waals surface area (Å²) in [4.78, 5) is 0. The number of aliphatic hydroxyl groups is 1. The molecule has 0 aliphatic carbocycles. The van der Waals surface area contributed by atoms with Crippen molar-refractivity contribution in [3.05, 3.63) is 71.6 Å². The predicted molar refractivity (Wildman–Crippen MR) is 99.6 cm³/mol. The van der Waals surface area contributed by atoms with Gasteiger partial charge in [-0.2, -0.15) is 0 Å². The predicted octanol–water partition coefficient (Wildman–Crippen LogP) is 5.41. The number of alkyl halides is 1. The minimum absolute atomic E-state index is 0.228. The van der Waals surface area contributed by atoms with E-state index in [2.05, 4.69) is 15.9 Å². The highest BCUT2D eigenvalue weighted by molar-refractivity contribution is 9.09. The summed E-state index contributed by atoms with van der Waals surface area (Å²) in [6, 6.07) is 0.481. The molecule has 0 bridgehead atoms. The summed E-state index contributed by atoms with van der Waals surface area (Å²) in [5, 5.41) is 6.32. The molecule has 2 aromatic rings. The van der Waals surface area contributed by atoms with Crippen molar-refractivity contribution in [1.82, 2.24) is 0 Å². The van der Waals surface area contributed by atoms with Crippen LogP contribution in [0.15, 0.2) is 60.5 Å². The highest BCUT2D eigenvalue weighted by Gasteiger charge is 1.90. The zero-order valence-corrected chi connectivity index (χ0v) is 12.7. The summed E-state index contributed by atoms with van der Waals surface area (Å²) >= 11 is 2.38. The normalized spacial score (nSPS) is 29.7. The highest BCUT2D eigenvalue weighted by Crippen LogP contribution is 2.05. The van der Waals surface area contributed by atoms with Crippen molar-refractivity contribution in [2.24, 2.45) is 0 Å². The molecule has 120 valence electrons. The molecule has 0 radical (unpaired) electrons. The van der Waals surface area contributed by atoms with Crippen LogP contribution < -0.4 is 0 Å². The van der Waals surface area contributed by atoms with Gasteiger partial charge in [-0.3, -0.25) is 0 Å². The summed E-state index contributed by atoms with van der Waals surface area (Å²) in [6.45, 7) is -3.69. The van der Waals surface area contributed by atoms with Crippen molar-refractivity contribution < 1.29 is 35.3 Å². The molecule has 1 N–H and O–H groups in total. The number of rotatable bonds is 8. The Morgan fingerprint density at radius 3 is 1.68 bits per heavy atom. The summed E-state index contributed by atoms with van der Waals surface area (Å²) in [5.41, 5.74) is -1.55. The molecular formula is C20H27BrO. The average Bonchev–Trinajstić information content (AvgIpc) is 2.75. The van der Waals surface area contributed by atoms with E-state index in [1.54, 1.807) is 0 Å². The van der Waals surface area contributed by atoms with Crippen LogP contribution in [0.5, 0.6) is 0 Å². The number of benzene rings is 2. The molecule has 0 aliphatic heterocycles. The maximum atomic E-state index is 9.20. The lowest BCUT2D eigenvalue weighted by atomic mass is 10.1. The maximum Gasteiger partial charge on any atom is 0.0626 e. The zero-order valence-electron chi connectivity index (χ0n) is 33.1. The Balaban J connectivity index is 0.000000440. The Morgan fingerprint density at radius 2 is 1.27 bits per heavy atom. The molecule has 0 saturated carbocycles. The fraction of sp³-hybridized carbons (Fsp3) is 0.400. The maximum absolute atomic E-state index is 9.20. The number of hydrogen-bond donors (Lipinski definition) is 1. The van der Waals surface area contributed by atoms with Gasteiger partial charge in [0.2, 0.25) is 0 Å². The molecule has 0 fully saturated rings. The Bertz CT molecular complexity index is 1210. The van der Waals surface area contributed by atoms with Crippen LogP contribution >= 0.6 is 15.9 Å². The molecule has 0 saturated heterocycles. The Morgan fingerprint density at radius 1 is 0.818 bits per heavy atom. The first-order valence-electron chi connectivity index (χ1n) is 16.7. The Labute approximate surface area is 174 Å². The van der Waals surface area contributed by atoms with Crippen LogP contribution in [0.2, 0.25) is 0 Å². The van der Waals surface area contributed by atoms with Crippen LogP contribution in [0.4, 0.5) is 0 Å². The second kappa shape index (κ2) is 13.5. The second-order valence-electron chi connectivity index (χ2n) is 3.19. The van der Waals surface area contributed by atoms with E-state index in [9.17, 15) is 5.11 Å². The fourth-order valence-corrected chi connectivity index (χ4v) is 1.10. The minimum Gasteiger partial charge on any atom is -0.396 e. The van der Waals surface area contributed by atoms with E-state index in [4.69, 9.17) is 30.2 Å². The molecule has 2 rings (SSSR count). The molecule has 2 heteroatoms. The first-order chi connectivity index (χ1) is 19.1. The summed E-state index contributed by atoms with van der Waals surface area (Å²) in [7, 11) is 0. The van der Waals surface area contributed by atoms with Gasteiger partial charge < -0.3 is 5.11 Å². The van der Waals surface area contributed by atoms with Crippen LogP contribution in [-0.2, 0) is 12.7 Å². The molecule has 0 heterocycles. The van der Waals surface area contributed by atoms with Gasteiger partial charge >= 0.3 is 0 Å². The van der Waals surface area contributed by atoms with Gasteiger partial charge in [0.25, 0.3) is 0 Å². The van der Waals surface area contributed by atoms with Gasteiger partial charge in [0.05, 0.1) is 11.0 Å². The first-order valence-corrected chi connectivity index (χ1v) is 6.51. The van der Waals surface area contributed by atoms with Crippen molar-refractivity contribution in [3.8, 4) is 0 Å². The summed E-state index contributed by atoms with van der Waals surface area (Å²) in [5.74, 6) is 0. The molecule has 2 aromatic carbocycles. The van der Waals surface area contributed by atoms with Crippen molar-refractivity contribution >= 4 is 15.9 Å². The molecule has 22 heavy (non-hydrogen) atoms. The van der Waals surface area contributed by atoms with Crippen LogP contribution in [0, 0.1) is 0 Å². The molecule has 0 aromatic heterocycles. The van der Waals surface area contributed by atoms with Crippen molar-refractivity contribution in [3.63, 3.8) is 0 Å². The summed E-state index contributed by atoms with van der Waals surface area (Å²) < 4.78 is 167. The highest BCUT2D eigenvalue weighted by atomic mass is 79.9. The molecule has 0 unspecified atom stereocenters. The number of hydrogen-bond acceptors (Lipinski definition) is 1. The van der Waals surface area contributed by atoms with Crippen molar-refractivity contribution in [2.75, 3.05) is 11.8 Å². The largest absolute Gasteiger partial charge is 0.396 e. The average molecular weight is 385 g/mol. The number of halogens is 1. The standard InChI is InChI=1S/C10H13Br.C10H14O/c2*11-9-5-4-8-10-6-2-1-3-7-10/h1-3,6-7H,4-5,8-9H2;1-3,6-7,11H,4-5,8-9H2/i2*1D,4D2,5D2,6D,7D,8D2,9D2. The monoisotopic (exact) mass is 384 g/mol. The molecule has 1 nitrogen and oxygen atoms in total. The zero-order chi connectivity index (χ0) is 35.4. The van der Waals surface area contributed by atoms with Gasteiger partial charge in [-0.05, 0) is 49.4 Å². The van der Waals surface area contributed by atoms with Crippen molar-refractivity contribution in [1.29, 1.82) is 0 Å².